The van der Waals surface area contributed by atoms with Gasteiger partial charge in [0, 0.05) is 0 Å². The van der Waals surface area contributed by atoms with Crippen LogP contribution in [0.25, 0.3) is 0 Å². The second-order valence-corrected chi connectivity index (χ2v) is 5.84. The van der Waals surface area contributed by atoms with Crippen LogP contribution in [-0.2, 0) is 6.14 Å². The lowest BCUT2D eigenvalue weighted by molar-refractivity contribution is 0.0695. The van der Waals surface area contributed by atoms with Crippen molar-refractivity contribution in [1.82, 2.24) is 0 Å². The average Bonchev–Trinajstić information content (AvgIpc) is 2.18. The molecule has 2 N–H and O–H groups in total. The maximum atomic E-state index is 11.0. The first-order chi connectivity index (χ1) is 7.77. The first kappa shape index (κ1) is 14.1. The van der Waals surface area contributed by atoms with Crippen LogP contribution in [0.2, 0.25) is 10.0 Å². The third kappa shape index (κ3) is 2.67. The summed E-state index contributed by atoms with van der Waals surface area (Å²) in [5.41, 5.74) is -1.36. The number of halogens is 3. The Balaban J connectivity index is 3.84. The Labute approximate surface area is 111 Å². The lowest BCUT2D eigenvalue weighted by Crippen LogP contribution is -2.08. The molecule has 0 saturated heterocycles. The molecule has 1 aromatic carbocycles. The van der Waals surface area contributed by atoms with Crippen molar-refractivity contribution >= 4 is 54.9 Å². The number of hydrogen-bond donors (Lipinski definition) is 2. The first-order valence-electron chi connectivity index (χ1n) is 3.81. The molecule has 0 aliphatic rings. The van der Waals surface area contributed by atoms with E-state index in [9.17, 15) is 15.7 Å². The van der Waals surface area contributed by atoms with Gasteiger partial charge in [0.1, 0.15) is 3.57 Å². The Morgan fingerprint density at radius 2 is 1.65 bits per heavy atom. The van der Waals surface area contributed by atoms with Crippen LogP contribution in [0.15, 0.2) is 6.07 Å². The summed E-state index contributed by atoms with van der Waals surface area (Å²) >= 11 is 6.88. The first-order valence-corrected chi connectivity index (χ1v) is 7.40. The fourth-order valence-electron chi connectivity index (χ4n) is 1.10. The summed E-state index contributed by atoms with van der Waals surface area (Å²) in [7, 11) is 0. The highest BCUT2D eigenvalue weighted by Crippen LogP contribution is 2.36. The van der Waals surface area contributed by atoms with Gasteiger partial charge in [0.05, 0.1) is 21.2 Å². The number of carboxylic acids is 2. The number of rotatable bonds is 3. The molecule has 0 radical (unpaired) electrons. The van der Waals surface area contributed by atoms with Gasteiger partial charge >= 0.3 is 31.7 Å². The molecule has 0 unspecified atom stereocenters. The van der Waals surface area contributed by atoms with E-state index in [1.165, 1.54) is 0 Å². The third-order valence-corrected chi connectivity index (χ3v) is 4.77. The van der Waals surface area contributed by atoms with Crippen LogP contribution >= 0.6 is 43.0 Å². The third-order valence-electron chi connectivity index (χ3n) is 1.75. The molecule has 0 saturated carbocycles. The van der Waals surface area contributed by atoms with Crippen LogP contribution in [0.5, 0.6) is 0 Å². The Morgan fingerprint density at radius 3 is 2.00 bits per heavy atom. The average molecular weight is 393 g/mol. The molecule has 0 amide bonds. The van der Waals surface area contributed by atoms with Crippen LogP contribution in [-0.4, -0.2) is 22.2 Å². The fourth-order valence-corrected chi connectivity index (χ4v) is 3.68. The summed E-state index contributed by atoms with van der Waals surface area (Å²) in [6, 6.07) is 0.814. The molecule has 0 aromatic heterocycles. The minimum atomic E-state index is -4.21. The highest BCUT2D eigenvalue weighted by molar-refractivity contribution is 14.2. The summed E-state index contributed by atoms with van der Waals surface area (Å²) in [4.78, 5) is 21.6. The molecule has 0 spiro atoms. The standard InChI is InChI=1S/C8H3Cl2IO6/c9-3-1-2(7(12)13)5(10)4(8(14)15)6(3)11(16)17/h1H,(H,12,13)(H,14,15). The minimum Gasteiger partial charge on any atom is -0.478 e. The van der Waals surface area contributed by atoms with E-state index in [4.69, 9.17) is 33.4 Å². The Kier molecular flexibility index (Phi) is 4.28. The predicted octanol–water partition coefficient (Wildman–Crippen LogP) is 2.76. The van der Waals surface area contributed by atoms with Gasteiger partial charge in [-0.05, 0) is 6.07 Å². The van der Waals surface area contributed by atoms with Crippen LogP contribution in [0.1, 0.15) is 20.7 Å². The predicted molar refractivity (Wildman–Crippen MR) is 64.5 cm³/mol. The molecule has 0 aliphatic heterocycles. The molecule has 1 rings (SSSR count). The van der Waals surface area contributed by atoms with Crippen molar-refractivity contribution in [2.75, 3.05) is 0 Å². The van der Waals surface area contributed by atoms with E-state index in [1.54, 1.807) is 0 Å². The lowest BCUT2D eigenvalue weighted by Gasteiger charge is -2.06. The molecule has 1 aromatic rings. The largest absolute Gasteiger partial charge is 0.478 e. The number of benzene rings is 1. The number of carboxylic acid groups (broad SMARTS) is 2. The molecular weight excluding hydrogens is 390 g/mol. The van der Waals surface area contributed by atoms with Gasteiger partial charge in [-0.1, -0.05) is 23.2 Å². The van der Waals surface area contributed by atoms with Crippen molar-refractivity contribution in [3.05, 3.63) is 30.8 Å². The zero-order valence-corrected chi connectivity index (χ0v) is 11.4. The second-order valence-electron chi connectivity index (χ2n) is 2.74. The van der Waals surface area contributed by atoms with E-state index < -0.39 is 56.5 Å². The van der Waals surface area contributed by atoms with Crippen LogP contribution in [0.3, 0.4) is 0 Å². The second kappa shape index (κ2) is 5.15. The van der Waals surface area contributed by atoms with Gasteiger partial charge in [0.25, 0.3) is 0 Å². The fraction of sp³-hybridized carbons (Fsp3) is 0. The van der Waals surface area contributed by atoms with Gasteiger partial charge in [-0.2, -0.15) is 0 Å². The Hall–Kier alpha value is -0.930. The molecule has 17 heavy (non-hydrogen) atoms. The number of carbonyl (C=O) groups is 2. The van der Waals surface area contributed by atoms with Gasteiger partial charge in [-0.15, -0.1) is 0 Å². The Bertz CT molecular complexity index is 584. The van der Waals surface area contributed by atoms with Crippen molar-refractivity contribution in [1.29, 1.82) is 0 Å². The number of aromatic carboxylic acids is 2. The van der Waals surface area contributed by atoms with E-state index in [1.807, 2.05) is 0 Å². The highest BCUT2D eigenvalue weighted by Gasteiger charge is 2.26. The van der Waals surface area contributed by atoms with Crippen LogP contribution in [0.4, 0.5) is 0 Å². The lowest BCUT2D eigenvalue weighted by atomic mass is 10.1. The van der Waals surface area contributed by atoms with Crippen LogP contribution in [0, 0.1) is 3.57 Å². The van der Waals surface area contributed by atoms with Gasteiger partial charge in [-0.25, -0.2) is 15.7 Å². The molecule has 9 heteroatoms. The van der Waals surface area contributed by atoms with Gasteiger partial charge in [0.15, 0.2) is 0 Å². The summed E-state index contributed by atoms with van der Waals surface area (Å²) in [6.07, 6.45) is 0. The molecule has 92 valence electrons. The van der Waals surface area contributed by atoms with Gasteiger partial charge in [-0.3, -0.25) is 0 Å². The number of hydrogen-bond acceptors (Lipinski definition) is 4. The van der Waals surface area contributed by atoms with E-state index in [0.29, 0.717) is 0 Å². The van der Waals surface area contributed by atoms with Crippen molar-refractivity contribution in [2.45, 2.75) is 0 Å². The van der Waals surface area contributed by atoms with Crippen molar-refractivity contribution in [3.8, 4) is 0 Å². The molecule has 0 heterocycles. The minimum absolute atomic E-state index is 0.459. The monoisotopic (exact) mass is 392 g/mol. The molecular formula is C8H3Cl2IO6. The molecule has 0 bridgehead atoms. The summed E-state index contributed by atoms with van der Waals surface area (Å²) in [5.74, 6) is -3.15. The zero-order chi connectivity index (χ0) is 13.3. The van der Waals surface area contributed by atoms with Crippen molar-refractivity contribution in [2.24, 2.45) is 0 Å². The SMILES string of the molecule is O=C(O)c1cc(Cl)c(I(=O)=O)c(C(=O)O)c1Cl. The summed E-state index contributed by atoms with van der Waals surface area (Å²) < 4.78 is 21.3. The highest BCUT2D eigenvalue weighted by atomic mass is 127. The summed E-state index contributed by atoms with van der Waals surface area (Å²) in [5, 5.41) is 16.5. The zero-order valence-electron chi connectivity index (χ0n) is 7.74. The normalized spacial score (nSPS) is 10.5. The van der Waals surface area contributed by atoms with E-state index in [2.05, 4.69) is 0 Å². The van der Waals surface area contributed by atoms with E-state index in [-0.39, 0.29) is 0 Å². The maximum absolute atomic E-state index is 11.0. The summed E-state index contributed by atoms with van der Waals surface area (Å²) in [6.45, 7) is 0. The quantitative estimate of drug-likeness (QED) is 0.604. The van der Waals surface area contributed by atoms with Crippen LogP contribution < -0.4 is 0 Å². The maximum Gasteiger partial charge on any atom is 0.343 e. The molecule has 6 nitrogen and oxygen atoms in total. The van der Waals surface area contributed by atoms with Crippen molar-refractivity contribution < 1.29 is 25.9 Å². The smallest absolute Gasteiger partial charge is 0.343 e. The van der Waals surface area contributed by atoms with Gasteiger partial charge < -0.3 is 10.2 Å². The molecule has 0 fully saturated rings. The molecule has 0 aliphatic carbocycles. The molecule has 0 atom stereocenters. The van der Waals surface area contributed by atoms with E-state index in [0.717, 1.165) is 6.07 Å². The van der Waals surface area contributed by atoms with E-state index >= 15 is 0 Å². The Morgan fingerprint density at radius 1 is 1.12 bits per heavy atom. The topological polar surface area (TPSA) is 109 Å². The van der Waals surface area contributed by atoms with Gasteiger partial charge in [0.2, 0.25) is 0 Å². The van der Waals surface area contributed by atoms with Crippen molar-refractivity contribution in [3.63, 3.8) is 0 Å².